The zero-order valence-corrected chi connectivity index (χ0v) is 8.86. The molecule has 1 aromatic carbocycles. The zero-order chi connectivity index (χ0) is 10.4. The molecule has 0 saturated carbocycles. The van der Waals surface area contributed by atoms with Gasteiger partial charge < -0.3 is 9.84 Å². The summed E-state index contributed by atoms with van der Waals surface area (Å²) in [6, 6.07) is 7.90. The molecule has 2 heteroatoms. The van der Waals surface area contributed by atoms with E-state index in [1.165, 1.54) is 0 Å². The van der Waals surface area contributed by atoms with E-state index in [-0.39, 0.29) is 6.10 Å². The molecule has 0 radical (unpaired) electrons. The third kappa shape index (κ3) is 3.38. The molecular formula is C12H18O2. The van der Waals surface area contributed by atoms with Crippen LogP contribution in [0.2, 0.25) is 0 Å². The number of aliphatic hydroxyl groups is 1. The molecule has 2 nitrogen and oxygen atoms in total. The molecule has 0 aliphatic rings. The van der Waals surface area contributed by atoms with Crippen LogP contribution in [0.4, 0.5) is 0 Å². The lowest BCUT2D eigenvalue weighted by Gasteiger charge is -2.09. The van der Waals surface area contributed by atoms with Crippen molar-refractivity contribution in [1.29, 1.82) is 0 Å². The number of hydrogen-bond donors (Lipinski definition) is 1. The van der Waals surface area contributed by atoms with Crippen LogP contribution in [0, 0.1) is 0 Å². The van der Waals surface area contributed by atoms with Gasteiger partial charge in [0.25, 0.3) is 0 Å². The van der Waals surface area contributed by atoms with Gasteiger partial charge in [-0.25, -0.2) is 0 Å². The Bertz CT molecular complexity index is 271. The van der Waals surface area contributed by atoms with Crippen molar-refractivity contribution in [3.63, 3.8) is 0 Å². The fraction of sp³-hybridized carbons (Fsp3) is 0.500. The summed E-state index contributed by atoms with van der Waals surface area (Å²) in [5.41, 5.74) is 1.13. The van der Waals surface area contributed by atoms with E-state index in [1.807, 2.05) is 38.1 Å². The van der Waals surface area contributed by atoms with Crippen molar-refractivity contribution in [2.75, 3.05) is 6.61 Å². The van der Waals surface area contributed by atoms with Crippen LogP contribution in [0.3, 0.4) is 0 Å². The third-order valence-electron chi connectivity index (χ3n) is 2.15. The summed E-state index contributed by atoms with van der Waals surface area (Å²) in [7, 11) is 0. The number of rotatable bonds is 5. The van der Waals surface area contributed by atoms with Gasteiger partial charge in [0.2, 0.25) is 0 Å². The van der Waals surface area contributed by atoms with Crippen molar-refractivity contribution in [2.24, 2.45) is 0 Å². The molecule has 1 N–H and O–H groups in total. The monoisotopic (exact) mass is 194 g/mol. The highest BCUT2D eigenvalue weighted by atomic mass is 16.5. The second-order valence-electron chi connectivity index (χ2n) is 3.35. The maximum absolute atomic E-state index is 9.49. The second-order valence-corrected chi connectivity index (χ2v) is 3.35. The predicted octanol–water partition coefficient (Wildman–Crippen LogP) is 2.40. The fourth-order valence-electron chi connectivity index (χ4n) is 1.35. The van der Waals surface area contributed by atoms with Gasteiger partial charge in [0.05, 0.1) is 12.7 Å². The molecule has 0 aromatic heterocycles. The van der Waals surface area contributed by atoms with Crippen molar-refractivity contribution < 1.29 is 9.84 Å². The summed E-state index contributed by atoms with van der Waals surface area (Å²) in [5, 5.41) is 9.49. The van der Waals surface area contributed by atoms with Gasteiger partial charge in [-0.3, -0.25) is 0 Å². The quantitative estimate of drug-likeness (QED) is 0.780. The van der Waals surface area contributed by atoms with Crippen molar-refractivity contribution in [3.05, 3.63) is 29.8 Å². The summed E-state index contributed by atoms with van der Waals surface area (Å²) in [5.74, 6) is 0.883. The average Bonchev–Trinajstić information content (AvgIpc) is 2.19. The van der Waals surface area contributed by atoms with Crippen LogP contribution in [0.25, 0.3) is 0 Å². The first kappa shape index (κ1) is 11.1. The van der Waals surface area contributed by atoms with Crippen LogP contribution < -0.4 is 4.74 Å². The summed E-state index contributed by atoms with van der Waals surface area (Å²) in [4.78, 5) is 0. The Balaban J connectivity index is 2.63. The van der Waals surface area contributed by atoms with E-state index in [1.54, 1.807) is 0 Å². The Morgan fingerprint density at radius 2 is 2.14 bits per heavy atom. The summed E-state index contributed by atoms with van der Waals surface area (Å²) < 4.78 is 5.38. The number of benzene rings is 1. The normalized spacial score (nSPS) is 12.5. The minimum Gasteiger partial charge on any atom is -0.494 e. The predicted molar refractivity (Wildman–Crippen MR) is 57.6 cm³/mol. The van der Waals surface area contributed by atoms with E-state index in [0.29, 0.717) is 13.0 Å². The van der Waals surface area contributed by atoms with Crippen molar-refractivity contribution >= 4 is 0 Å². The largest absolute Gasteiger partial charge is 0.494 e. The van der Waals surface area contributed by atoms with Gasteiger partial charge in [-0.15, -0.1) is 0 Å². The van der Waals surface area contributed by atoms with E-state index in [9.17, 15) is 5.11 Å². The van der Waals surface area contributed by atoms with Crippen LogP contribution >= 0.6 is 0 Å². The van der Waals surface area contributed by atoms with E-state index in [0.717, 1.165) is 17.7 Å². The Hall–Kier alpha value is -1.02. The molecule has 0 aliphatic heterocycles. The Morgan fingerprint density at radius 3 is 2.79 bits per heavy atom. The molecule has 1 rings (SSSR count). The SMILES string of the molecule is CCOc1cccc(C[C@@H](O)CC)c1. The highest BCUT2D eigenvalue weighted by Crippen LogP contribution is 2.15. The maximum Gasteiger partial charge on any atom is 0.119 e. The first-order valence-corrected chi connectivity index (χ1v) is 5.16. The summed E-state index contributed by atoms with van der Waals surface area (Å²) >= 11 is 0. The van der Waals surface area contributed by atoms with Crippen LogP contribution in [0.1, 0.15) is 25.8 Å². The average molecular weight is 194 g/mol. The maximum atomic E-state index is 9.49. The van der Waals surface area contributed by atoms with Crippen LogP contribution in [0.5, 0.6) is 5.75 Å². The van der Waals surface area contributed by atoms with Crippen LogP contribution in [-0.4, -0.2) is 17.8 Å². The molecule has 0 fully saturated rings. The Kier molecular flexibility index (Phi) is 4.47. The van der Waals surface area contributed by atoms with Crippen LogP contribution in [0.15, 0.2) is 24.3 Å². The molecule has 0 saturated heterocycles. The highest BCUT2D eigenvalue weighted by Gasteiger charge is 2.03. The summed E-state index contributed by atoms with van der Waals surface area (Å²) in [6.45, 7) is 4.63. The van der Waals surface area contributed by atoms with Gasteiger partial charge in [-0.2, -0.15) is 0 Å². The van der Waals surface area contributed by atoms with Gasteiger partial charge in [0, 0.05) is 0 Å². The van der Waals surface area contributed by atoms with Gasteiger partial charge in [-0.05, 0) is 37.5 Å². The molecule has 0 spiro atoms. The van der Waals surface area contributed by atoms with Crippen molar-refractivity contribution in [3.8, 4) is 5.75 Å². The topological polar surface area (TPSA) is 29.5 Å². The van der Waals surface area contributed by atoms with Gasteiger partial charge in [0.15, 0.2) is 0 Å². The summed E-state index contributed by atoms with van der Waals surface area (Å²) in [6.07, 6.45) is 1.25. The molecule has 78 valence electrons. The second kappa shape index (κ2) is 5.66. The molecule has 1 atom stereocenters. The lowest BCUT2D eigenvalue weighted by Crippen LogP contribution is -2.08. The third-order valence-corrected chi connectivity index (χ3v) is 2.15. The Labute approximate surface area is 85.5 Å². The molecule has 0 unspecified atom stereocenters. The molecule has 0 heterocycles. The standard InChI is InChI=1S/C12H18O2/c1-3-11(13)8-10-6-5-7-12(9-10)14-4-2/h5-7,9,11,13H,3-4,8H2,1-2H3/t11-/m0/s1. The first-order valence-electron chi connectivity index (χ1n) is 5.16. The fourth-order valence-corrected chi connectivity index (χ4v) is 1.35. The van der Waals surface area contributed by atoms with Crippen molar-refractivity contribution in [2.45, 2.75) is 32.8 Å². The molecular weight excluding hydrogens is 176 g/mol. The number of aliphatic hydroxyl groups excluding tert-OH is 1. The van der Waals surface area contributed by atoms with E-state index >= 15 is 0 Å². The molecule has 0 aliphatic carbocycles. The zero-order valence-electron chi connectivity index (χ0n) is 8.86. The van der Waals surface area contributed by atoms with Gasteiger partial charge >= 0.3 is 0 Å². The van der Waals surface area contributed by atoms with E-state index in [2.05, 4.69) is 0 Å². The van der Waals surface area contributed by atoms with E-state index in [4.69, 9.17) is 4.74 Å². The van der Waals surface area contributed by atoms with Gasteiger partial charge in [0.1, 0.15) is 5.75 Å². The van der Waals surface area contributed by atoms with Crippen molar-refractivity contribution in [1.82, 2.24) is 0 Å². The molecule has 0 bridgehead atoms. The Morgan fingerprint density at radius 1 is 1.36 bits per heavy atom. The smallest absolute Gasteiger partial charge is 0.119 e. The lowest BCUT2D eigenvalue weighted by atomic mass is 10.1. The minimum atomic E-state index is -0.244. The minimum absolute atomic E-state index is 0.244. The molecule has 1 aromatic rings. The lowest BCUT2D eigenvalue weighted by molar-refractivity contribution is 0.170. The van der Waals surface area contributed by atoms with E-state index < -0.39 is 0 Å². The van der Waals surface area contributed by atoms with Gasteiger partial charge in [-0.1, -0.05) is 19.1 Å². The van der Waals surface area contributed by atoms with Crippen LogP contribution in [-0.2, 0) is 6.42 Å². The first-order chi connectivity index (χ1) is 6.76. The highest BCUT2D eigenvalue weighted by molar-refractivity contribution is 5.28. The number of hydrogen-bond acceptors (Lipinski definition) is 2. The number of ether oxygens (including phenoxy) is 1. The molecule has 14 heavy (non-hydrogen) atoms. The molecule has 0 amide bonds.